The van der Waals surface area contributed by atoms with E-state index in [0.717, 1.165) is 0 Å². The van der Waals surface area contributed by atoms with E-state index in [0.29, 0.717) is 36.2 Å². The van der Waals surface area contributed by atoms with Crippen molar-refractivity contribution in [2.75, 3.05) is 32.1 Å². The van der Waals surface area contributed by atoms with Gasteiger partial charge in [0.15, 0.2) is 5.75 Å². The van der Waals surface area contributed by atoms with Gasteiger partial charge in [-0.2, -0.15) is 0 Å². The molecule has 0 spiro atoms. The largest absolute Gasteiger partial charge is 0.490 e. The van der Waals surface area contributed by atoms with Gasteiger partial charge in [-0.3, -0.25) is 9.59 Å². The summed E-state index contributed by atoms with van der Waals surface area (Å²) in [6, 6.07) is 3.64. The summed E-state index contributed by atoms with van der Waals surface area (Å²) in [6.07, 6.45) is -0.108. The number of rotatable bonds is 5. The molecule has 3 N–H and O–H groups in total. The van der Waals surface area contributed by atoms with E-state index in [4.69, 9.17) is 16.3 Å². The minimum atomic E-state index is -0.872. The van der Waals surface area contributed by atoms with E-state index in [1.54, 1.807) is 18.2 Å². The van der Waals surface area contributed by atoms with Gasteiger partial charge < -0.3 is 25.6 Å². The average Bonchev–Trinajstić information content (AvgIpc) is 2.59. The number of halogens is 1. The number of ether oxygens (including phenoxy) is 1. The second kappa shape index (κ2) is 8.57. The Balaban J connectivity index is 2.19. The number of anilines is 1. The van der Waals surface area contributed by atoms with Crippen molar-refractivity contribution in [3.63, 3.8) is 0 Å². The summed E-state index contributed by atoms with van der Waals surface area (Å²) < 4.78 is 5.48. The topological polar surface area (TPSA) is 99.8 Å². The van der Waals surface area contributed by atoms with Crippen LogP contribution in [-0.4, -0.2) is 55.5 Å². The number of hydrogen-bond donors (Lipinski definition) is 3. The molecule has 0 bridgehead atoms. The van der Waals surface area contributed by atoms with Crippen LogP contribution in [0.25, 0.3) is 0 Å². The van der Waals surface area contributed by atoms with Crippen molar-refractivity contribution in [2.45, 2.75) is 19.4 Å². The predicted molar refractivity (Wildman–Crippen MR) is 93.8 cm³/mol. The molecular formula is C16H21ClN4O4. The van der Waals surface area contributed by atoms with Crippen LogP contribution in [0.5, 0.6) is 5.75 Å². The molecule has 136 valence electrons. The average molecular weight is 369 g/mol. The molecule has 1 fully saturated rings. The molecule has 0 unspecified atom stereocenters. The summed E-state index contributed by atoms with van der Waals surface area (Å²) in [4.78, 5) is 37.7. The number of hydrogen-bond acceptors (Lipinski definition) is 4. The van der Waals surface area contributed by atoms with Gasteiger partial charge in [-0.1, -0.05) is 17.7 Å². The highest BCUT2D eigenvalue weighted by Crippen LogP contribution is 2.33. The Morgan fingerprint density at radius 2 is 2.20 bits per heavy atom. The lowest BCUT2D eigenvalue weighted by molar-refractivity contribution is -0.132. The third kappa shape index (κ3) is 4.54. The molecular weight excluding hydrogens is 348 g/mol. The molecule has 1 aromatic carbocycles. The summed E-state index contributed by atoms with van der Waals surface area (Å²) in [6.45, 7) is 2.81. The van der Waals surface area contributed by atoms with Crippen molar-refractivity contribution in [1.82, 2.24) is 15.5 Å². The predicted octanol–water partition coefficient (Wildman–Crippen LogP) is 1.21. The number of benzene rings is 1. The van der Waals surface area contributed by atoms with Gasteiger partial charge in [0.05, 0.1) is 23.7 Å². The van der Waals surface area contributed by atoms with E-state index in [2.05, 4.69) is 16.0 Å². The number of urea groups is 1. The highest BCUT2D eigenvalue weighted by molar-refractivity contribution is 6.32. The zero-order valence-electron chi connectivity index (χ0n) is 14.1. The van der Waals surface area contributed by atoms with E-state index in [1.807, 2.05) is 6.92 Å². The van der Waals surface area contributed by atoms with E-state index < -0.39 is 12.1 Å². The van der Waals surface area contributed by atoms with Crippen LogP contribution in [0.2, 0.25) is 5.02 Å². The second-order valence-electron chi connectivity index (χ2n) is 5.36. The number of piperazine rings is 1. The third-order valence-electron chi connectivity index (χ3n) is 3.75. The van der Waals surface area contributed by atoms with Gasteiger partial charge in [-0.05, 0) is 19.1 Å². The zero-order chi connectivity index (χ0) is 18.4. The SMILES string of the molecule is CCOc1c(Cl)cccc1NC(=O)N1CCNC(=O)[C@@H]1CC(=O)NC. The molecule has 9 heteroatoms. The molecule has 0 radical (unpaired) electrons. The first-order chi connectivity index (χ1) is 12.0. The molecule has 0 aliphatic carbocycles. The van der Waals surface area contributed by atoms with Gasteiger partial charge in [0.2, 0.25) is 11.8 Å². The number of amides is 4. The van der Waals surface area contributed by atoms with Crippen LogP contribution in [0.4, 0.5) is 10.5 Å². The Bertz CT molecular complexity index is 668. The van der Waals surface area contributed by atoms with Crippen LogP contribution in [-0.2, 0) is 9.59 Å². The minimum absolute atomic E-state index is 0.108. The maximum atomic E-state index is 12.7. The summed E-state index contributed by atoms with van der Waals surface area (Å²) in [5.41, 5.74) is 0.407. The fourth-order valence-corrected chi connectivity index (χ4v) is 2.75. The normalized spacial score (nSPS) is 16.8. The maximum absolute atomic E-state index is 12.7. The van der Waals surface area contributed by atoms with Crippen LogP contribution in [0.15, 0.2) is 18.2 Å². The first kappa shape index (κ1) is 18.9. The summed E-state index contributed by atoms with van der Waals surface area (Å²) >= 11 is 6.11. The van der Waals surface area contributed by atoms with Crippen molar-refractivity contribution in [1.29, 1.82) is 0 Å². The summed E-state index contributed by atoms with van der Waals surface area (Å²) in [7, 11) is 1.48. The number of carbonyl (C=O) groups is 3. The summed E-state index contributed by atoms with van der Waals surface area (Å²) in [5, 5.41) is 8.21. The maximum Gasteiger partial charge on any atom is 0.322 e. The van der Waals surface area contributed by atoms with Gasteiger partial charge in [0.1, 0.15) is 6.04 Å². The molecule has 1 aliphatic rings. The number of carbonyl (C=O) groups excluding carboxylic acids is 3. The fourth-order valence-electron chi connectivity index (χ4n) is 2.52. The zero-order valence-corrected chi connectivity index (χ0v) is 14.9. The van der Waals surface area contributed by atoms with Crippen molar-refractivity contribution in [3.05, 3.63) is 23.2 Å². The molecule has 1 aromatic rings. The Morgan fingerprint density at radius 3 is 2.88 bits per heavy atom. The molecule has 1 atom stereocenters. The van der Waals surface area contributed by atoms with E-state index in [1.165, 1.54) is 11.9 Å². The smallest absolute Gasteiger partial charge is 0.322 e. The van der Waals surface area contributed by atoms with E-state index in [9.17, 15) is 14.4 Å². The lowest BCUT2D eigenvalue weighted by Crippen LogP contribution is -2.59. The first-order valence-electron chi connectivity index (χ1n) is 7.95. The molecule has 1 heterocycles. The fraction of sp³-hybridized carbons (Fsp3) is 0.438. The Hall–Kier alpha value is -2.48. The van der Waals surface area contributed by atoms with Crippen molar-refractivity contribution >= 4 is 35.1 Å². The Morgan fingerprint density at radius 1 is 1.44 bits per heavy atom. The van der Waals surface area contributed by atoms with Gasteiger partial charge in [0, 0.05) is 20.1 Å². The molecule has 2 rings (SSSR count). The quantitative estimate of drug-likeness (QED) is 0.727. The number of nitrogens with one attached hydrogen (secondary N) is 3. The van der Waals surface area contributed by atoms with E-state index >= 15 is 0 Å². The van der Waals surface area contributed by atoms with Crippen LogP contribution < -0.4 is 20.7 Å². The van der Waals surface area contributed by atoms with Crippen molar-refractivity contribution in [3.8, 4) is 5.75 Å². The third-order valence-corrected chi connectivity index (χ3v) is 4.04. The van der Waals surface area contributed by atoms with Crippen LogP contribution >= 0.6 is 11.6 Å². The van der Waals surface area contributed by atoms with E-state index in [-0.39, 0.29) is 18.2 Å². The molecule has 1 aliphatic heterocycles. The standard InChI is InChI=1S/C16H21ClN4O4/c1-3-25-14-10(17)5-4-6-11(14)20-16(24)21-8-7-19-15(23)12(21)9-13(22)18-2/h4-6,12H,3,7-9H2,1-2H3,(H,18,22)(H,19,23)(H,20,24)/t12-/m0/s1. The monoisotopic (exact) mass is 368 g/mol. The second-order valence-corrected chi connectivity index (χ2v) is 5.76. The molecule has 0 aromatic heterocycles. The van der Waals surface area contributed by atoms with Crippen LogP contribution in [0.3, 0.4) is 0 Å². The molecule has 4 amide bonds. The minimum Gasteiger partial charge on any atom is -0.490 e. The van der Waals surface area contributed by atoms with Crippen molar-refractivity contribution in [2.24, 2.45) is 0 Å². The van der Waals surface area contributed by atoms with Gasteiger partial charge >= 0.3 is 6.03 Å². The highest BCUT2D eigenvalue weighted by atomic mass is 35.5. The number of para-hydroxylation sites is 1. The Labute approximate surface area is 150 Å². The lowest BCUT2D eigenvalue weighted by atomic mass is 10.1. The Kier molecular flexibility index (Phi) is 6.46. The van der Waals surface area contributed by atoms with Crippen molar-refractivity contribution < 1.29 is 19.1 Å². The molecule has 1 saturated heterocycles. The highest BCUT2D eigenvalue weighted by Gasteiger charge is 2.34. The molecule has 8 nitrogen and oxygen atoms in total. The molecule has 25 heavy (non-hydrogen) atoms. The van der Waals surface area contributed by atoms with Gasteiger partial charge in [-0.15, -0.1) is 0 Å². The number of nitrogens with zero attached hydrogens (tertiary/aromatic N) is 1. The lowest BCUT2D eigenvalue weighted by Gasteiger charge is -2.34. The van der Waals surface area contributed by atoms with Gasteiger partial charge in [0.25, 0.3) is 0 Å². The van der Waals surface area contributed by atoms with Crippen LogP contribution in [0, 0.1) is 0 Å². The van der Waals surface area contributed by atoms with Crippen LogP contribution in [0.1, 0.15) is 13.3 Å². The first-order valence-corrected chi connectivity index (χ1v) is 8.33. The summed E-state index contributed by atoms with van der Waals surface area (Å²) in [5.74, 6) is -0.317. The molecule has 0 saturated carbocycles. The van der Waals surface area contributed by atoms with Gasteiger partial charge in [-0.25, -0.2) is 4.79 Å².